The topological polar surface area (TPSA) is 43.8 Å². The minimum Gasteiger partial charge on any atom is -0.481 e. The summed E-state index contributed by atoms with van der Waals surface area (Å²) in [4.78, 5) is 15.4. The molecule has 0 aromatic heterocycles. The van der Waals surface area contributed by atoms with E-state index in [1.807, 2.05) is 0 Å². The first-order chi connectivity index (χ1) is 7.04. The predicted octanol–water partition coefficient (Wildman–Crippen LogP) is 0.876. The highest BCUT2D eigenvalue weighted by molar-refractivity contribution is 5.67. The summed E-state index contributed by atoms with van der Waals surface area (Å²) in [6, 6.07) is 0.666. The van der Waals surface area contributed by atoms with Gasteiger partial charge in [0.2, 0.25) is 0 Å². The Morgan fingerprint density at radius 1 is 1.53 bits per heavy atom. The van der Waals surface area contributed by atoms with E-state index >= 15 is 0 Å². The molecule has 1 rings (SSSR count). The lowest BCUT2D eigenvalue weighted by Gasteiger charge is -2.42. The molecule has 88 valence electrons. The average molecular weight is 214 g/mol. The van der Waals surface area contributed by atoms with Crippen molar-refractivity contribution in [2.24, 2.45) is 0 Å². The molecule has 2 atom stereocenters. The summed E-state index contributed by atoms with van der Waals surface area (Å²) in [7, 11) is 2.12. The Kier molecular flexibility index (Phi) is 4.54. The maximum atomic E-state index is 10.7. The minimum atomic E-state index is -0.687. The normalized spacial score (nSPS) is 26.5. The lowest BCUT2D eigenvalue weighted by atomic mass is 10.0. The number of carboxylic acid groups (broad SMARTS) is 1. The van der Waals surface area contributed by atoms with E-state index in [0.29, 0.717) is 6.04 Å². The van der Waals surface area contributed by atoms with E-state index in [2.05, 4.69) is 30.7 Å². The number of hydrogen-bond donors (Lipinski definition) is 1. The van der Waals surface area contributed by atoms with Gasteiger partial charge in [-0.05, 0) is 20.4 Å². The smallest absolute Gasteiger partial charge is 0.304 e. The van der Waals surface area contributed by atoms with Crippen molar-refractivity contribution < 1.29 is 9.90 Å². The Labute approximate surface area is 91.9 Å². The van der Waals surface area contributed by atoms with Crippen molar-refractivity contribution >= 4 is 5.97 Å². The molecule has 0 saturated carbocycles. The zero-order valence-corrected chi connectivity index (χ0v) is 9.94. The van der Waals surface area contributed by atoms with Crippen molar-refractivity contribution in [3.63, 3.8) is 0 Å². The van der Waals surface area contributed by atoms with E-state index in [1.54, 1.807) is 0 Å². The first-order valence-corrected chi connectivity index (χ1v) is 5.70. The molecule has 1 fully saturated rings. The maximum Gasteiger partial charge on any atom is 0.304 e. The third-order valence-corrected chi connectivity index (χ3v) is 3.23. The second kappa shape index (κ2) is 5.47. The van der Waals surface area contributed by atoms with Crippen LogP contribution in [0.3, 0.4) is 0 Å². The van der Waals surface area contributed by atoms with Crippen molar-refractivity contribution in [2.45, 2.75) is 38.8 Å². The number of nitrogens with zero attached hydrogens (tertiary/aromatic N) is 2. The summed E-state index contributed by atoms with van der Waals surface area (Å²) < 4.78 is 0. The summed E-state index contributed by atoms with van der Waals surface area (Å²) in [5.41, 5.74) is 0. The van der Waals surface area contributed by atoms with Crippen LogP contribution in [0.25, 0.3) is 0 Å². The van der Waals surface area contributed by atoms with Crippen LogP contribution in [-0.2, 0) is 4.79 Å². The molecule has 1 aliphatic heterocycles. The molecule has 0 amide bonds. The summed E-state index contributed by atoms with van der Waals surface area (Å²) in [5.74, 6) is -0.687. The second-order valence-corrected chi connectivity index (χ2v) is 4.51. The second-order valence-electron chi connectivity index (χ2n) is 4.51. The van der Waals surface area contributed by atoms with Crippen LogP contribution in [0.2, 0.25) is 0 Å². The molecule has 0 aromatic carbocycles. The van der Waals surface area contributed by atoms with Gasteiger partial charge in [0, 0.05) is 31.7 Å². The Bertz CT molecular complexity index is 221. The molecule has 0 spiro atoms. The molecule has 0 bridgehead atoms. The molecule has 2 unspecified atom stereocenters. The van der Waals surface area contributed by atoms with Crippen LogP contribution >= 0.6 is 0 Å². The van der Waals surface area contributed by atoms with E-state index in [1.165, 1.54) is 0 Å². The monoisotopic (exact) mass is 214 g/mol. The Morgan fingerprint density at radius 3 is 2.67 bits per heavy atom. The first kappa shape index (κ1) is 12.5. The van der Waals surface area contributed by atoms with Crippen LogP contribution in [0, 0.1) is 0 Å². The fourth-order valence-corrected chi connectivity index (χ4v) is 2.39. The van der Waals surface area contributed by atoms with Crippen molar-refractivity contribution in [1.29, 1.82) is 0 Å². The van der Waals surface area contributed by atoms with Gasteiger partial charge in [-0.1, -0.05) is 6.92 Å². The number of carboxylic acids is 1. The summed E-state index contributed by atoms with van der Waals surface area (Å²) in [5, 5.41) is 8.85. The summed E-state index contributed by atoms with van der Waals surface area (Å²) in [6.07, 6.45) is 1.19. The van der Waals surface area contributed by atoms with Crippen LogP contribution in [0.5, 0.6) is 0 Å². The summed E-state index contributed by atoms with van der Waals surface area (Å²) in [6.45, 7) is 7.32. The highest BCUT2D eigenvalue weighted by Gasteiger charge is 2.28. The molecule has 1 N–H and O–H groups in total. The Hall–Kier alpha value is -0.610. The highest BCUT2D eigenvalue weighted by atomic mass is 16.4. The van der Waals surface area contributed by atoms with Gasteiger partial charge < -0.3 is 10.0 Å². The SMILES string of the molecule is CCC(CC(=O)O)N1CCN(C)CC1C. The van der Waals surface area contributed by atoms with E-state index in [0.717, 1.165) is 26.1 Å². The third-order valence-electron chi connectivity index (χ3n) is 3.23. The van der Waals surface area contributed by atoms with Crippen LogP contribution in [0.15, 0.2) is 0 Å². The largest absolute Gasteiger partial charge is 0.481 e. The predicted molar refractivity (Wildman–Crippen MR) is 60.0 cm³/mol. The Morgan fingerprint density at radius 2 is 2.20 bits per heavy atom. The van der Waals surface area contributed by atoms with Gasteiger partial charge in [0.05, 0.1) is 6.42 Å². The number of piperazine rings is 1. The molecular weight excluding hydrogens is 192 g/mol. The van der Waals surface area contributed by atoms with E-state index in [4.69, 9.17) is 5.11 Å². The van der Waals surface area contributed by atoms with Gasteiger partial charge in [0.1, 0.15) is 0 Å². The third kappa shape index (κ3) is 3.47. The van der Waals surface area contributed by atoms with Gasteiger partial charge in [-0.3, -0.25) is 9.69 Å². The zero-order chi connectivity index (χ0) is 11.4. The molecule has 1 heterocycles. The molecule has 0 aliphatic carbocycles. The van der Waals surface area contributed by atoms with Crippen molar-refractivity contribution in [1.82, 2.24) is 9.80 Å². The number of hydrogen-bond acceptors (Lipinski definition) is 3. The van der Waals surface area contributed by atoms with Crippen LogP contribution in [0.1, 0.15) is 26.7 Å². The van der Waals surface area contributed by atoms with Gasteiger partial charge in [-0.25, -0.2) is 0 Å². The number of rotatable bonds is 4. The van der Waals surface area contributed by atoms with E-state index < -0.39 is 5.97 Å². The lowest BCUT2D eigenvalue weighted by Crippen LogP contribution is -2.54. The van der Waals surface area contributed by atoms with Gasteiger partial charge in [0.15, 0.2) is 0 Å². The highest BCUT2D eigenvalue weighted by Crippen LogP contribution is 2.16. The number of likely N-dealkylation sites (N-methyl/N-ethyl adjacent to an activating group) is 1. The fraction of sp³-hybridized carbons (Fsp3) is 0.909. The van der Waals surface area contributed by atoms with Crippen LogP contribution in [-0.4, -0.2) is 59.6 Å². The minimum absolute atomic E-state index is 0.200. The van der Waals surface area contributed by atoms with Gasteiger partial charge in [-0.15, -0.1) is 0 Å². The first-order valence-electron chi connectivity index (χ1n) is 5.70. The molecular formula is C11H22N2O2. The van der Waals surface area contributed by atoms with Crippen LogP contribution < -0.4 is 0 Å². The van der Waals surface area contributed by atoms with Crippen molar-refractivity contribution in [3.8, 4) is 0 Å². The molecule has 15 heavy (non-hydrogen) atoms. The van der Waals surface area contributed by atoms with Crippen molar-refractivity contribution in [2.75, 3.05) is 26.7 Å². The molecule has 1 saturated heterocycles. The average Bonchev–Trinajstić information content (AvgIpc) is 2.14. The van der Waals surface area contributed by atoms with E-state index in [9.17, 15) is 4.79 Å². The number of carbonyl (C=O) groups is 1. The fourth-order valence-electron chi connectivity index (χ4n) is 2.39. The van der Waals surface area contributed by atoms with Crippen molar-refractivity contribution in [3.05, 3.63) is 0 Å². The van der Waals surface area contributed by atoms with Gasteiger partial charge >= 0.3 is 5.97 Å². The molecule has 1 aliphatic rings. The summed E-state index contributed by atoms with van der Waals surface area (Å²) >= 11 is 0. The standard InChI is InChI=1S/C11H22N2O2/c1-4-10(7-11(14)15)13-6-5-12(3)8-9(13)2/h9-10H,4-8H2,1-3H3,(H,14,15). The molecule has 0 aromatic rings. The number of aliphatic carboxylic acids is 1. The maximum absolute atomic E-state index is 10.7. The quantitative estimate of drug-likeness (QED) is 0.754. The molecule has 0 radical (unpaired) electrons. The molecule has 4 heteroatoms. The van der Waals surface area contributed by atoms with Gasteiger partial charge in [-0.2, -0.15) is 0 Å². The lowest BCUT2D eigenvalue weighted by molar-refractivity contribution is -0.139. The molecule has 4 nitrogen and oxygen atoms in total. The van der Waals surface area contributed by atoms with E-state index in [-0.39, 0.29) is 12.5 Å². The van der Waals surface area contributed by atoms with Crippen LogP contribution in [0.4, 0.5) is 0 Å². The Balaban J connectivity index is 2.55. The van der Waals surface area contributed by atoms with Gasteiger partial charge in [0.25, 0.3) is 0 Å². The zero-order valence-electron chi connectivity index (χ0n) is 9.94.